The number of nitrogens with zero attached hydrogens (tertiary/aromatic N) is 1. The van der Waals surface area contributed by atoms with Crippen LogP contribution in [0.4, 0.5) is 4.39 Å². The van der Waals surface area contributed by atoms with Crippen molar-refractivity contribution < 1.29 is 19.0 Å². The summed E-state index contributed by atoms with van der Waals surface area (Å²) in [5, 5.41) is 8.61. The standard InChI is InChI=1S/C8H7ClFNO3/c1-4(8(12)13)14-7-6(10)2-5(9)3-11-7/h2-4H,1H3,(H,12,13). The largest absolute Gasteiger partial charge is 0.479 e. The first-order valence-electron chi connectivity index (χ1n) is 3.71. The average Bonchev–Trinajstić information content (AvgIpc) is 2.09. The first-order valence-corrected chi connectivity index (χ1v) is 4.09. The minimum absolute atomic E-state index is 0.123. The molecule has 0 fully saturated rings. The average molecular weight is 220 g/mol. The summed E-state index contributed by atoms with van der Waals surface area (Å²) in [4.78, 5) is 13.9. The molecule has 0 saturated heterocycles. The molecular weight excluding hydrogens is 213 g/mol. The maximum atomic E-state index is 13.0. The number of halogens is 2. The zero-order valence-electron chi connectivity index (χ0n) is 7.20. The summed E-state index contributed by atoms with van der Waals surface area (Å²) < 4.78 is 17.7. The van der Waals surface area contributed by atoms with Gasteiger partial charge in [0.1, 0.15) is 0 Å². The third kappa shape index (κ3) is 2.56. The lowest BCUT2D eigenvalue weighted by molar-refractivity contribution is -0.144. The van der Waals surface area contributed by atoms with E-state index in [0.29, 0.717) is 0 Å². The van der Waals surface area contributed by atoms with Crippen LogP contribution in [0.5, 0.6) is 5.88 Å². The Bertz CT molecular complexity index is 358. The summed E-state index contributed by atoms with van der Waals surface area (Å²) in [7, 11) is 0. The number of ether oxygens (including phenoxy) is 1. The molecule has 0 aliphatic rings. The monoisotopic (exact) mass is 219 g/mol. The van der Waals surface area contributed by atoms with Gasteiger partial charge in [-0.1, -0.05) is 11.6 Å². The van der Waals surface area contributed by atoms with E-state index in [-0.39, 0.29) is 10.9 Å². The maximum absolute atomic E-state index is 13.0. The lowest BCUT2D eigenvalue weighted by atomic mass is 10.4. The number of pyridine rings is 1. The lowest BCUT2D eigenvalue weighted by Crippen LogP contribution is -2.23. The fourth-order valence-electron chi connectivity index (χ4n) is 0.707. The zero-order valence-corrected chi connectivity index (χ0v) is 7.95. The van der Waals surface area contributed by atoms with E-state index in [4.69, 9.17) is 21.4 Å². The number of aromatic nitrogens is 1. The van der Waals surface area contributed by atoms with Gasteiger partial charge < -0.3 is 9.84 Å². The third-order valence-corrected chi connectivity index (χ3v) is 1.62. The maximum Gasteiger partial charge on any atom is 0.344 e. The number of hydrogen-bond donors (Lipinski definition) is 1. The molecule has 0 radical (unpaired) electrons. The highest BCUT2D eigenvalue weighted by Crippen LogP contribution is 2.18. The molecule has 0 bridgehead atoms. The molecular formula is C8H7ClFNO3. The summed E-state index contributed by atoms with van der Waals surface area (Å²) in [6.07, 6.45) is 0.0207. The number of aliphatic carboxylic acids is 1. The quantitative estimate of drug-likeness (QED) is 0.841. The molecule has 6 heteroatoms. The first kappa shape index (κ1) is 10.7. The van der Waals surface area contributed by atoms with E-state index in [1.807, 2.05) is 0 Å². The fraction of sp³-hybridized carbons (Fsp3) is 0.250. The van der Waals surface area contributed by atoms with Crippen LogP contribution in [0.15, 0.2) is 12.3 Å². The van der Waals surface area contributed by atoms with Gasteiger partial charge in [0.2, 0.25) is 0 Å². The SMILES string of the molecule is CC(Oc1ncc(Cl)cc1F)C(=O)O. The molecule has 1 heterocycles. The normalized spacial score (nSPS) is 12.2. The van der Waals surface area contributed by atoms with Crippen molar-refractivity contribution in [3.63, 3.8) is 0 Å². The van der Waals surface area contributed by atoms with Crippen molar-refractivity contribution in [2.75, 3.05) is 0 Å². The summed E-state index contributed by atoms with van der Waals surface area (Å²) in [5.74, 6) is -2.35. The molecule has 0 aromatic carbocycles. The molecule has 0 aliphatic heterocycles. The highest BCUT2D eigenvalue weighted by Gasteiger charge is 2.16. The molecule has 0 spiro atoms. The Morgan fingerprint density at radius 3 is 2.93 bits per heavy atom. The van der Waals surface area contributed by atoms with E-state index in [9.17, 15) is 9.18 Å². The van der Waals surface area contributed by atoms with Crippen LogP contribution in [0, 0.1) is 5.82 Å². The van der Waals surface area contributed by atoms with E-state index in [1.165, 1.54) is 13.1 Å². The van der Waals surface area contributed by atoms with E-state index < -0.39 is 17.9 Å². The van der Waals surface area contributed by atoms with Crippen LogP contribution >= 0.6 is 11.6 Å². The van der Waals surface area contributed by atoms with Crippen molar-refractivity contribution >= 4 is 17.6 Å². The number of rotatable bonds is 3. The van der Waals surface area contributed by atoms with E-state index in [1.54, 1.807) is 0 Å². The Kier molecular flexibility index (Phi) is 3.24. The van der Waals surface area contributed by atoms with Crippen molar-refractivity contribution in [1.29, 1.82) is 0 Å². The van der Waals surface area contributed by atoms with Crippen LogP contribution in [0.25, 0.3) is 0 Å². The van der Waals surface area contributed by atoms with Gasteiger partial charge in [0, 0.05) is 6.20 Å². The van der Waals surface area contributed by atoms with Crippen LogP contribution < -0.4 is 4.74 Å². The van der Waals surface area contributed by atoms with Crippen molar-refractivity contribution in [3.8, 4) is 5.88 Å². The molecule has 1 aromatic heterocycles. The van der Waals surface area contributed by atoms with E-state index in [0.717, 1.165) is 6.07 Å². The van der Waals surface area contributed by atoms with Gasteiger partial charge in [0.15, 0.2) is 11.9 Å². The van der Waals surface area contributed by atoms with Crippen molar-refractivity contribution in [2.45, 2.75) is 13.0 Å². The van der Waals surface area contributed by atoms with Gasteiger partial charge in [-0.3, -0.25) is 0 Å². The highest BCUT2D eigenvalue weighted by atomic mass is 35.5. The summed E-state index contributed by atoms with van der Waals surface area (Å²) >= 11 is 5.44. The minimum atomic E-state index is -1.19. The number of hydrogen-bond acceptors (Lipinski definition) is 3. The van der Waals surface area contributed by atoms with Crippen LogP contribution in [0.2, 0.25) is 5.02 Å². The molecule has 0 amide bonds. The highest BCUT2D eigenvalue weighted by molar-refractivity contribution is 6.30. The van der Waals surface area contributed by atoms with Crippen LogP contribution in [0.3, 0.4) is 0 Å². The molecule has 0 aliphatic carbocycles. The third-order valence-electron chi connectivity index (χ3n) is 1.41. The Hall–Kier alpha value is -1.36. The smallest absolute Gasteiger partial charge is 0.344 e. The molecule has 1 N–H and O–H groups in total. The Labute approximate surface area is 84.3 Å². The van der Waals surface area contributed by atoms with Gasteiger partial charge in [-0.05, 0) is 13.0 Å². The van der Waals surface area contributed by atoms with Gasteiger partial charge in [-0.15, -0.1) is 0 Å². The number of carbonyl (C=O) groups is 1. The molecule has 76 valence electrons. The summed E-state index contributed by atoms with van der Waals surface area (Å²) in [5.41, 5.74) is 0. The van der Waals surface area contributed by atoms with E-state index in [2.05, 4.69) is 4.98 Å². The predicted octanol–water partition coefficient (Wildman–Crippen LogP) is 1.73. The van der Waals surface area contributed by atoms with Crippen LogP contribution in [-0.4, -0.2) is 22.2 Å². The topological polar surface area (TPSA) is 59.4 Å². The Morgan fingerprint density at radius 1 is 1.79 bits per heavy atom. The van der Waals surface area contributed by atoms with Gasteiger partial charge >= 0.3 is 5.97 Å². The molecule has 4 nitrogen and oxygen atoms in total. The second kappa shape index (κ2) is 4.23. The van der Waals surface area contributed by atoms with Crippen molar-refractivity contribution in [1.82, 2.24) is 4.98 Å². The second-order valence-corrected chi connectivity index (χ2v) is 2.98. The number of carboxylic acids is 1. The molecule has 0 saturated carbocycles. The van der Waals surface area contributed by atoms with Crippen molar-refractivity contribution in [3.05, 3.63) is 23.1 Å². The Balaban J connectivity index is 2.82. The molecule has 1 rings (SSSR count). The van der Waals surface area contributed by atoms with E-state index >= 15 is 0 Å². The minimum Gasteiger partial charge on any atom is -0.479 e. The van der Waals surface area contributed by atoms with Gasteiger partial charge in [-0.2, -0.15) is 0 Å². The summed E-state index contributed by atoms with van der Waals surface area (Å²) in [6, 6.07) is 0.998. The van der Waals surface area contributed by atoms with Crippen LogP contribution in [-0.2, 0) is 4.79 Å². The molecule has 1 unspecified atom stereocenters. The number of carboxylic acid groups (broad SMARTS) is 1. The fourth-order valence-corrected chi connectivity index (χ4v) is 0.851. The van der Waals surface area contributed by atoms with Gasteiger partial charge in [-0.25, -0.2) is 14.2 Å². The zero-order chi connectivity index (χ0) is 10.7. The van der Waals surface area contributed by atoms with Crippen molar-refractivity contribution in [2.24, 2.45) is 0 Å². The molecule has 14 heavy (non-hydrogen) atoms. The molecule has 1 atom stereocenters. The van der Waals surface area contributed by atoms with Gasteiger partial charge in [0.05, 0.1) is 5.02 Å². The van der Waals surface area contributed by atoms with Crippen LogP contribution in [0.1, 0.15) is 6.92 Å². The predicted molar refractivity (Wildman–Crippen MR) is 46.9 cm³/mol. The Morgan fingerprint density at radius 2 is 2.43 bits per heavy atom. The first-order chi connectivity index (χ1) is 6.50. The second-order valence-electron chi connectivity index (χ2n) is 2.54. The lowest BCUT2D eigenvalue weighted by Gasteiger charge is -2.09. The summed E-state index contributed by atoms with van der Waals surface area (Å²) in [6.45, 7) is 1.28. The van der Waals surface area contributed by atoms with Gasteiger partial charge in [0.25, 0.3) is 5.88 Å². The molecule has 1 aromatic rings.